The molecule has 3 aromatic rings. The highest BCUT2D eigenvalue weighted by molar-refractivity contribution is 9.10. The van der Waals surface area contributed by atoms with E-state index in [1.807, 2.05) is 60.7 Å². The number of halogens is 1. The van der Waals surface area contributed by atoms with Gasteiger partial charge in [0.15, 0.2) is 0 Å². The summed E-state index contributed by atoms with van der Waals surface area (Å²) >= 11 is 3.52. The number of hydrogen-bond acceptors (Lipinski definition) is 5. The number of ether oxygens (including phenoxy) is 2. The van der Waals surface area contributed by atoms with Gasteiger partial charge in [0.25, 0.3) is 0 Å². The molecule has 0 aliphatic carbocycles. The molecule has 2 unspecified atom stereocenters. The highest BCUT2D eigenvalue weighted by atomic mass is 79.9. The van der Waals surface area contributed by atoms with E-state index in [2.05, 4.69) is 21.2 Å². The zero-order valence-electron chi connectivity index (χ0n) is 16.8. The maximum absolute atomic E-state index is 10.5. The lowest BCUT2D eigenvalue weighted by molar-refractivity contribution is 0.381. The largest absolute Gasteiger partial charge is 0.508 e. The van der Waals surface area contributed by atoms with Crippen molar-refractivity contribution >= 4 is 21.6 Å². The number of aromatic hydroxyl groups is 1. The van der Waals surface area contributed by atoms with E-state index >= 15 is 0 Å². The van der Waals surface area contributed by atoms with Crippen molar-refractivity contribution in [2.75, 3.05) is 14.2 Å². The van der Waals surface area contributed by atoms with E-state index in [9.17, 15) is 5.11 Å². The van der Waals surface area contributed by atoms with Crippen LogP contribution in [0.5, 0.6) is 17.2 Å². The maximum atomic E-state index is 10.5. The molecule has 0 bridgehead atoms. The summed E-state index contributed by atoms with van der Waals surface area (Å²) in [6.07, 6.45) is 0.331. The van der Waals surface area contributed by atoms with Crippen molar-refractivity contribution in [2.45, 2.75) is 18.6 Å². The topological polar surface area (TPSA) is 63.1 Å². The van der Waals surface area contributed by atoms with Crippen LogP contribution < -0.4 is 14.8 Å². The Morgan fingerprint density at radius 3 is 2.47 bits per heavy atom. The van der Waals surface area contributed by atoms with Crippen LogP contribution in [0.3, 0.4) is 0 Å². The molecule has 1 heterocycles. The average Bonchev–Trinajstić information content (AvgIpc) is 2.80. The first-order chi connectivity index (χ1) is 14.6. The van der Waals surface area contributed by atoms with E-state index in [1.54, 1.807) is 20.3 Å². The van der Waals surface area contributed by atoms with Crippen molar-refractivity contribution in [3.63, 3.8) is 0 Å². The second-order valence-electron chi connectivity index (χ2n) is 7.08. The minimum atomic E-state index is -0.310. The molecule has 0 amide bonds. The molecule has 0 radical (unpaired) electrons. The predicted molar refractivity (Wildman–Crippen MR) is 122 cm³/mol. The molecule has 0 spiro atoms. The quantitative estimate of drug-likeness (QED) is 0.528. The van der Waals surface area contributed by atoms with Crippen molar-refractivity contribution in [3.05, 3.63) is 87.9 Å². The zero-order chi connectivity index (χ0) is 21.1. The summed E-state index contributed by atoms with van der Waals surface area (Å²) in [4.78, 5) is 5.01. The zero-order valence-corrected chi connectivity index (χ0v) is 18.4. The van der Waals surface area contributed by atoms with Gasteiger partial charge in [-0.2, -0.15) is 0 Å². The van der Waals surface area contributed by atoms with Crippen LogP contribution in [-0.4, -0.2) is 25.0 Å². The molecule has 1 aliphatic rings. The second kappa shape index (κ2) is 8.90. The molecule has 6 heteroatoms. The van der Waals surface area contributed by atoms with Gasteiger partial charge in [-0.05, 0) is 54.1 Å². The van der Waals surface area contributed by atoms with Crippen LogP contribution in [-0.2, 0) is 0 Å². The predicted octanol–water partition coefficient (Wildman–Crippen LogP) is 5.39. The van der Waals surface area contributed by atoms with Gasteiger partial charge < -0.3 is 14.6 Å². The van der Waals surface area contributed by atoms with Crippen molar-refractivity contribution in [1.29, 1.82) is 0 Å². The van der Waals surface area contributed by atoms with E-state index in [-0.39, 0.29) is 18.0 Å². The van der Waals surface area contributed by atoms with E-state index in [4.69, 9.17) is 14.5 Å². The van der Waals surface area contributed by atoms with Gasteiger partial charge in [-0.1, -0.05) is 34.1 Å². The first kappa shape index (κ1) is 20.4. The normalized spacial score (nSPS) is 18.6. The Balaban J connectivity index is 1.78. The van der Waals surface area contributed by atoms with Gasteiger partial charge in [-0.15, -0.1) is 0 Å². The number of phenols is 1. The average molecular weight is 467 g/mol. The highest BCUT2D eigenvalue weighted by Crippen LogP contribution is 2.37. The second-order valence-corrected chi connectivity index (χ2v) is 7.99. The van der Waals surface area contributed by atoms with Crippen LogP contribution in [0.1, 0.15) is 35.3 Å². The van der Waals surface area contributed by atoms with E-state index < -0.39 is 0 Å². The van der Waals surface area contributed by atoms with Crippen LogP contribution in [0.15, 0.2) is 76.2 Å². The summed E-state index contributed by atoms with van der Waals surface area (Å²) in [5.74, 6) is 1.83. The SMILES string of the molecule is COc1ccc(C2=NC(c3ccccc3OC)NC(c3cc(Br)ccc3O)C2)cc1. The molecule has 30 heavy (non-hydrogen) atoms. The lowest BCUT2D eigenvalue weighted by Crippen LogP contribution is -2.33. The van der Waals surface area contributed by atoms with Gasteiger partial charge in [0.05, 0.1) is 14.2 Å². The fraction of sp³-hybridized carbons (Fsp3) is 0.208. The molecular weight excluding hydrogens is 444 g/mol. The molecular formula is C24H23BrN2O3. The van der Waals surface area contributed by atoms with Gasteiger partial charge in [-0.25, -0.2) is 0 Å². The third-order valence-corrected chi connectivity index (χ3v) is 5.76. The lowest BCUT2D eigenvalue weighted by atomic mass is 9.93. The Bertz CT molecular complexity index is 1070. The number of hydrogen-bond donors (Lipinski definition) is 2. The van der Waals surface area contributed by atoms with Gasteiger partial charge in [-0.3, -0.25) is 10.3 Å². The van der Waals surface area contributed by atoms with Crippen molar-refractivity contribution < 1.29 is 14.6 Å². The molecule has 0 fully saturated rings. The van der Waals surface area contributed by atoms with Gasteiger partial charge >= 0.3 is 0 Å². The third-order valence-electron chi connectivity index (χ3n) is 5.26. The van der Waals surface area contributed by atoms with Crippen molar-refractivity contribution in [2.24, 2.45) is 4.99 Å². The van der Waals surface area contributed by atoms with Gasteiger partial charge in [0.2, 0.25) is 0 Å². The van der Waals surface area contributed by atoms with Gasteiger partial charge in [0.1, 0.15) is 23.4 Å². The van der Waals surface area contributed by atoms with Gasteiger partial charge in [0, 0.05) is 33.8 Å². The van der Waals surface area contributed by atoms with Crippen LogP contribution in [0.25, 0.3) is 0 Å². The molecule has 3 aromatic carbocycles. The van der Waals surface area contributed by atoms with Crippen molar-refractivity contribution in [1.82, 2.24) is 5.32 Å². The Labute approximate surface area is 184 Å². The molecule has 2 atom stereocenters. The Hall–Kier alpha value is -2.83. The fourth-order valence-electron chi connectivity index (χ4n) is 3.72. The molecule has 0 aromatic heterocycles. The molecule has 154 valence electrons. The van der Waals surface area contributed by atoms with Crippen LogP contribution in [0.4, 0.5) is 0 Å². The lowest BCUT2D eigenvalue weighted by Gasteiger charge is -2.31. The summed E-state index contributed by atoms with van der Waals surface area (Å²) < 4.78 is 11.8. The highest BCUT2D eigenvalue weighted by Gasteiger charge is 2.29. The number of nitrogens with one attached hydrogen (secondary N) is 1. The molecule has 4 rings (SSSR count). The maximum Gasteiger partial charge on any atom is 0.129 e. The number of benzene rings is 3. The smallest absolute Gasteiger partial charge is 0.129 e. The van der Waals surface area contributed by atoms with Crippen LogP contribution >= 0.6 is 15.9 Å². The fourth-order valence-corrected chi connectivity index (χ4v) is 4.10. The molecule has 2 N–H and O–H groups in total. The number of methoxy groups -OCH3 is 2. The van der Waals surface area contributed by atoms with Crippen molar-refractivity contribution in [3.8, 4) is 17.2 Å². The molecule has 0 saturated carbocycles. The molecule has 0 saturated heterocycles. The summed E-state index contributed by atoms with van der Waals surface area (Å²) in [6, 6.07) is 21.1. The van der Waals surface area contributed by atoms with Crippen LogP contribution in [0.2, 0.25) is 0 Å². The first-order valence-corrected chi connectivity index (χ1v) is 10.5. The van der Waals surface area contributed by atoms with E-state index in [0.29, 0.717) is 6.42 Å². The Morgan fingerprint density at radius 1 is 0.967 bits per heavy atom. The number of rotatable bonds is 5. The summed E-state index contributed by atoms with van der Waals surface area (Å²) in [5.41, 5.74) is 3.75. The van der Waals surface area contributed by atoms with Crippen LogP contribution in [0, 0.1) is 0 Å². The summed E-state index contributed by atoms with van der Waals surface area (Å²) in [6.45, 7) is 0. The van der Waals surface area contributed by atoms with E-state index in [1.165, 1.54) is 0 Å². The standard InChI is InChI=1S/C24H23BrN2O3/c1-29-17-10-7-15(8-11-17)20-14-21(19-13-16(25)9-12-22(19)28)27-24(26-20)18-5-3-4-6-23(18)30-2/h3-13,21,24,27-28H,14H2,1-2H3. The molecule has 5 nitrogen and oxygen atoms in total. The first-order valence-electron chi connectivity index (χ1n) is 9.67. The summed E-state index contributed by atoms with van der Waals surface area (Å²) in [7, 11) is 3.31. The third kappa shape index (κ3) is 4.20. The monoisotopic (exact) mass is 466 g/mol. The summed E-state index contributed by atoms with van der Waals surface area (Å²) in [5, 5.41) is 14.1. The van der Waals surface area contributed by atoms with E-state index in [0.717, 1.165) is 38.4 Å². The Morgan fingerprint density at radius 2 is 1.73 bits per heavy atom. The molecule has 1 aliphatic heterocycles. The minimum Gasteiger partial charge on any atom is -0.508 e. The number of aliphatic imine (C=N–C) groups is 1. The number of phenolic OH excluding ortho intramolecular Hbond substituents is 1. The number of nitrogens with zero attached hydrogens (tertiary/aromatic N) is 1. The minimum absolute atomic E-state index is 0.119. The Kier molecular flexibility index (Phi) is 6.06. The number of para-hydroxylation sites is 1.